The fourth-order valence-electron chi connectivity index (χ4n) is 1.43. The molecule has 1 aromatic carbocycles. The molecule has 0 heterocycles. The van der Waals surface area contributed by atoms with Crippen molar-refractivity contribution < 1.29 is 0 Å². The molecule has 0 spiro atoms. The molecule has 0 aromatic heterocycles. The summed E-state index contributed by atoms with van der Waals surface area (Å²) >= 11 is 0. The minimum Gasteiger partial charge on any atom is -0.399 e. The van der Waals surface area contributed by atoms with Gasteiger partial charge in [-0.25, -0.2) is 0 Å². The lowest BCUT2D eigenvalue weighted by Crippen LogP contribution is -1.95. The van der Waals surface area contributed by atoms with E-state index in [1.807, 2.05) is 18.2 Å². The first-order valence-electron chi connectivity index (χ1n) is 5.22. The van der Waals surface area contributed by atoms with Gasteiger partial charge in [0.2, 0.25) is 0 Å². The zero-order valence-corrected chi connectivity index (χ0v) is 8.79. The van der Waals surface area contributed by atoms with Gasteiger partial charge in [-0.15, -0.1) is 0 Å². The van der Waals surface area contributed by atoms with Gasteiger partial charge >= 0.3 is 0 Å². The van der Waals surface area contributed by atoms with Gasteiger partial charge < -0.3 is 11.5 Å². The van der Waals surface area contributed by atoms with E-state index in [0.717, 1.165) is 23.4 Å². The van der Waals surface area contributed by atoms with Crippen LogP contribution in [0.15, 0.2) is 18.2 Å². The van der Waals surface area contributed by atoms with Crippen LogP contribution in [0.25, 0.3) is 0 Å². The summed E-state index contributed by atoms with van der Waals surface area (Å²) in [7, 11) is 0. The normalized spacial score (nSPS) is 10.4. The summed E-state index contributed by atoms with van der Waals surface area (Å²) in [4.78, 5) is 0. The van der Waals surface area contributed by atoms with Crippen molar-refractivity contribution in [1.82, 2.24) is 0 Å². The van der Waals surface area contributed by atoms with E-state index in [2.05, 4.69) is 13.3 Å². The van der Waals surface area contributed by atoms with E-state index < -0.39 is 0 Å². The van der Waals surface area contributed by atoms with Crippen molar-refractivity contribution in [3.05, 3.63) is 30.2 Å². The highest BCUT2D eigenvalue weighted by atomic mass is 14.6. The zero-order valence-electron chi connectivity index (χ0n) is 8.79. The molecule has 0 fully saturated rings. The van der Waals surface area contributed by atoms with Crippen LogP contribution in [0.3, 0.4) is 0 Å². The number of hydrogen-bond acceptors (Lipinski definition) is 2. The number of hydrogen-bond donors (Lipinski definition) is 2. The summed E-state index contributed by atoms with van der Waals surface area (Å²) in [6.45, 7) is 2.21. The van der Waals surface area contributed by atoms with Crippen molar-refractivity contribution in [3.8, 4) is 0 Å². The Hall–Kier alpha value is -1.18. The van der Waals surface area contributed by atoms with Crippen LogP contribution in [0.1, 0.15) is 38.2 Å². The maximum absolute atomic E-state index is 5.82. The monoisotopic (exact) mass is 191 g/mol. The van der Waals surface area contributed by atoms with E-state index in [-0.39, 0.29) is 0 Å². The van der Waals surface area contributed by atoms with Crippen LogP contribution >= 0.6 is 0 Å². The van der Waals surface area contributed by atoms with Crippen LogP contribution in [0.5, 0.6) is 0 Å². The van der Waals surface area contributed by atoms with Gasteiger partial charge in [0.1, 0.15) is 0 Å². The van der Waals surface area contributed by atoms with E-state index in [1.54, 1.807) is 0 Å². The first-order chi connectivity index (χ1) is 6.74. The lowest BCUT2D eigenvalue weighted by atomic mass is 10.0. The first kappa shape index (κ1) is 10.9. The lowest BCUT2D eigenvalue weighted by molar-refractivity contribution is 0.715. The molecule has 1 radical (unpaired) electrons. The molecule has 0 bridgehead atoms. The van der Waals surface area contributed by atoms with Crippen molar-refractivity contribution >= 4 is 11.4 Å². The van der Waals surface area contributed by atoms with Gasteiger partial charge in [-0.05, 0) is 30.5 Å². The summed E-state index contributed by atoms with van der Waals surface area (Å²) in [5, 5.41) is 0. The number of nitrogens with two attached hydrogens (primary N) is 2. The maximum atomic E-state index is 5.82. The lowest BCUT2D eigenvalue weighted by Gasteiger charge is -2.05. The molecule has 77 valence electrons. The van der Waals surface area contributed by atoms with Crippen LogP contribution in [0.2, 0.25) is 0 Å². The summed E-state index contributed by atoms with van der Waals surface area (Å²) in [6.07, 6.45) is 7.06. The Morgan fingerprint density at radius 3 is 2.64 bits per heavy atom. The van der Waals surface area contributed by atoms with Gasteiger partial charge in [-0.2, -0.15) is 0 Å². The molecule has 0 amide bonds. The van der Waals surface area contributed by atoms with Gasteiger partial charge in [-0.3, -0.25) is 0 Å². The van der Waals surface area contributed by atoms with E-state index in [9.17, 15) is 0 Å². The molecule has 2 nitrogen and oxygen atoms in total. The average Bonchev–Trinajstić information content (AvgIpc) is 2.15. The van der Waals surface area contributed by atoms with Crippen molar-refractivity contribution in [1.29, 1.82) is 0 Å². The third-order valence-corrected chi connectivity index (χ3v) is 2.28. The number of rotatable bonds is 5. The van der Waals surface area contributed by atoms with E-state index in [1.165, 1.54) is 19.3 Å². The molecule has 4 N–H and O–H groups in total. The van der Waals surface area contributed by atoms with Gasteiger partial charge in [-0.1, -0.05) is 32.3 Å². The molecule has 0 atom stereocenters. The first-order valence-corrected chi connectivity index (χ1v) is 5.22. The number of anilines is 2. The molecule has 0 saturated heterocycles. The van der Waals surface area contributed by atoms with Crippen LogP contribution < -0.4 is 11.5 Å². The van der Waals surface area contributed by atoms with Gasteiger partial charge in [0, 0.05) is 11.4 Å². The fourth-order valence-corrected chi connectivity index (χ4v) is 1.43. The summed E-state index contributed by atoms with van der Waals surface area (Å²) in [6, 6.07) is 5.68. The van der Waals surface area contributed by atoms with Crippen LogP contribution in [0.4, 0.5) is 11.4 Å². The van der Waals surface area contributed by atoms with Crippen molar-refractivity contribution in [3.63, 3.8) is 0 Å². The third-order valence-electron chi connectivity index (χ3n) is 2.28. The van der Waals surface area contributed by atoms with E-state index in [0.29, 0.717) is 0 Å². The molecule has 0 aliphatic carbocycles. The summed E-state index contributed by atoms with van der Waals surface area (Å²) in [5.41, 5.74) is 14.1. The Morgan fingerprint density at radius 1 is 1.21 bits per heavy atom. The standard InChI is InChI=1S/C12H19N2/c1-2-3-4-5-6-10-7-8-11(13)9-12(10)14/h6-9H,2-5,13-14H2,1H3. The van der Waals surface area contributed by atoms with Crippen LogP contribution in [-0.4, -0.2) is 0 Å². The van der Waals surface area contributed by atoms with Gasteiger partial charge in [0.25, 0.3) is 0 Å². The molecule has 14 heavy (non-hydrogen) atoms. The quantitative estimate of drug-likeness (QED) is 0.555. The molecule has 0 saturated carbocycles. The second kappa shape index (κ2) is 5.53. The van der Waals surface area contributed by atoms with Crippen molar-refractivity contribution in [2.45, 2.75) is 32.6 Å². The third kappa shape index (κ3) is 3.29. The Labute approximate surface area is 86.3 Å². The number of nitrogen functional groups attached to an aromatic ring is 2. The number of benzene rings is 1. The molecule has 0 aliphatic heterocycles. The Bertz CT molecular complexity index is 282. The highest BCUT2D eigenvalue weighted by molar-refractivity contribution is 5.58. The topological polar surface area (TPSA) is 52.0 Å². The highest BCUT2D eigenvalue weighted by Gasteiger charge is 1.99. The summed E-state index contributed by atoms with van der Waals surface area (Å²) in [5.74, 6) is 0. The Kier molecular flexibility index (Phi) is 4.30. The number of unbranched alkanes of at least 4 members (excludes halogenated alkanes) is 3. The largest absolute Gasteiger partial charge is 0.399 e. The van der Waals surface area contributed by atoms with Gasteiger partial charge in [0.05, 0.1) is 0 Å². The second-order valence-corrected chi connectivity index (χ2v) is 3.59. The smallest absolute Gasteiger partial charge is 0.0370 e. The highest BCUT2D eigenvalue weighted by Crippen LogP contribution is 2.19. The van der Waals surface area contributed by atoms with E-state index >= 15 is 0 Å². The molecule has 1 rings (SSSR count). The predicted molar refractivity (Wildman–Crippen MR) is 62.8 cm³/mol. The molecule has 2 heteroatoms. The fraction of sp³-hybridized carbons (Fsp3) is 0.417. The SMILES string of the molecule is CCCCC[CH]c1ccc(N)cc1N. The van der Waals surface area contributed by atoms with Crippen molar-refractivity contribution in [2.75, 3.05) is 11.5 Å². The zero-order chi connectivity index (χ0) is 10.4. The second-order valence-electron chi connectivity index (χ2n) is 3.59. The van der Waals surface area contributed by atoms with Crippen LogP contribution in [-0.2, 0) is 0 Å². The van der Waals surface area contributed by atoms with Crippen molar-refractivity contribution in [2.24, 2.45) is 0 Å². The maximum Gasteiger partial charge on any atom is 0.0370 e. The molecule has 0 unspecified atom stereocenters. The van der Waals surface area contributed by atoms with Gasteiger partial charge in [0.15, 0.2) is 0 Å². The predicted octanol–water partition coefficient (Wildman–Crippen LogP) is 2.98. The molecule has 0 aliphatic rings. The van der Waals surface area contributed by atoms with Crippen LogP contribution in [0, 0.1) is 6.42 Å². The molecule has 1 aromatic rings. The summed E-state index contributed by atoms with van der Waals surface area (Å²) < 4.78 is 0. The minimum atomic E-state index is 0.730. The Morgan fingerprint density at radius 2 is 2.00 bits per heavy atom. The minimum absolute atomic E-state index is 0.730. The molecular weight excluding hydrogens is 172 g/mol. The van der Waals surface area contributed by atoms with E-state index in [4.69, 9.17) is 11.5 Å². The molecular formula is C12H19N2. The Balaban J connectivity index is 2.42. The average molecular weight is 191 g/mol.